The second-order valence-corrected chi connectivity index (χ2v) is 1.89. The molecule has 0 bridgehead atoms. The largest absolute Gasteiger partial charge is 0.270 e. The molecule has 0 unspecified atom stereocenters. The SMILES string of the molecule is CC1=[C-]CC=C1C.[Sm]. The van der Waals surface area contributed by atoms with Crippen molar-refractivity contribution in [3.05, 3.63) is 23.3 Å². The van der Waals surface area contributed by atoms with Gasteiger partial charge in [-0.25, -0.2) is 11.1 Å². The molecule has 0 radical (unpaired) electrons. The molecule has 0 nitrogen and oxygen atoms in total. The average Bonchev–Trinajstić information content (AvgIpc) is 1.91. The predicted molar refractivity (Wildman–Crippen MR) is 30.8 cm³/mol. The number of allylic oxidation sites excluding steroid dienone is 4. The van der Waals surface area contributed by atoms with E-state index in [-0.39, 0.29) is 40.4 Å². The van der Waals surface area contributed by atoms with Gasteiger partial charge < -0.3 is 0 Å². The van der Waals surface area contributed by atoms with E-state index in [2.05, 4.69) is 26.0 Å². The van der Waals surface area contributed by atoms with Crippen LogP contribution in [0, 0.1) is 46.5 Å². The van der Waals surface area contributed by atoms with Crippen molar-refractivity contribution in [2.75, 3.05) is 0 Å². The van der Waals surface area contributed by atoms with Crippen LogP contribution in [0.1, 0.15) is 20.3 Å². The van der Waals surface area contributed by atoms with Gasteiger partial charge in [0.1, 0.15) is 0 Å². The summed E-state index contributed by atoms with van der Waals surface area (Å²) < 4.78 is 0. The molecule has 0 aliphatic heterocycles. The average molecular weight is 244 g/mol. The Kier molecular flexibility index (Phi) is 4.16. The summed E-state index contributed by atoms with van der Waals surface area (Å²) in [6.07, 6.45) is 6.41. The van der Waals surface area contributed by atoms with Crippen LogP contribution in [0.5, 0.6) is 0 Å². The maximum absolute atomic E-state index is 3.19. The molecule has 44 valence electrons. The van der Waals surface area contributed by atoms with E-state index < -0.39 is 0 Å². The van der Waals surface area contributed by atoms with Crippen molar-refractivity contribution in [2.24, 2.45) is 0 Å². The predicted octanol–water partition coefficient (Wildman–Crippen LogP) is 2.09. The first-order valence-corrected chi connectivity index (χ1v) is 2.55. The fraction of sp³-hybridized carbons (Fsp3) is 0.429. The van der Waals surface area contributed by atoms with Crippen LogP contribution >= 0.6 is 0 Å². The van der Waals surface area contributed by atoms with Gasteiger partial charge in [-0.1, -0.05) is 6.92 Å². The summed E-state index contributed by atoms with van der Waals surface area (Å²) in [4.78, 5) is 0. The summed E-state index contributed by atoms with van der Waals surface area (Å²) in [5.41, 5.74) is 2.71. The maximum atomic E-state index is 3.19. The zero-order chi connectivity index (χ0) is 5.28. The second-order valence-electron chi connectivity index (χ2n) is 1.89. The molecule has 1 rings (SSSR count). The Balaban J connectivity index is 0.000000490. The van der Waals surface area contributed by atoms with Crippen molar-refractivity contribution < 1.29 is 40.4 Å². The molecule has 0 aromatic rings. The molecule has 0 aromatic heterocycles. The van der Waals surface area contributed by atoms with E-state index in [1.54, 1.807) is 0 Å². The Morgan fingerprint density at radius 1 is 1.50 bits per heavy atom. The molecule has 0 saturated heterocycles. The smallest absolute Gasteiger partial charge is 0 e. The maximum Gasteiger partial charge on any atom is 0 e. The fourth-order valence-corrected chi connectivity index (χ4v) is 0.650. The van der Waals surface area contributed by atoms with Gasteiger partial charge in [-0.3, -0.25) is 6.08 Å². The zero-order valence-electron chi connectivity index (χ0n) is 5.19. The first kappa shape index (κ1) is 8.82. The summed E-state index contributed by atoms with van der Waals surface area (Å²) in [7, 11) is 0. The van der Waals surface area contributed by atoms with Crippen molar-refractivity contribution in [1.82, 2.24) is 0 Å². The third-order valence-electron chi connectivity index (χ3n) is 1.37. The monoisotopic (exact) mass is 245 g/mol. The quantitative estimate of drug-likeness (QED) is 0.572. The molecule has 1 aliphatic rings. The first-order valence-electron chi connectivity index (χ1n) is 2.55. The summed E-state index contributed by atoms with van der Waals surface area (Å²) in [6, 6.07) is 0. The van der Waals surface area contributed by atoms with Crippen LogP contribution in [-0.4, -0.2) is 0 Å². The molecule has 1 heteroatoms. The van der Waals surface area contributed by atoms with Crippen LogP contribution < -0.4 is 0 Å². The normalized spacial score (nSPS) is 16.8. The van der Waals surface area contributed by atoms with Crippen LogP contribution in [0.3, 0.4) is 0 Å². The molecular weight excluding hydrogens is 234 g/mol. The van der Waals surface area contributed by atoms with E-state index in [1.165, 1.54) is 11.1 Å². The van der Waals surface area contributed by atoms with Crippen molar-refractivity contribution >= 4 is 0 Å². The molecule has 0 amide bonds. The molecular formula is C7H9Sm-. The van der Waals surface area contributed by atoms with Crippen molar-refractivity contribution in [2.45, 2.75) is 20.3 Å². The van der Waals surface area contributed by atoms with Crippen molar-refractivity contribution in [3.63, 3.8) is 0 Å². The molecule has 0 fully saturated rings. The molecule has 0 saturated carbocycles. The van der Waals surface area contributed by atoms with E-state index in [0.717, 1.165) is 6.42 Å². The summed E-state index contributed by atoms with van der Waals surface area (Å²) in [6.45, 7) is 4.22. The van der Waals surface area contributed by atoms with E-state index >= 15 is 0 Å². The summed E-state index contributed by atoms with van der Waals surface area (Å²) in [5.74, 6) is 0. The second kappa shape index (κ2) is 3.77. The third-order valence-corrected chi connectivity index (χ3v) is 1.37. The summed E-state index contributed by atoms with van der Waals surface area (Å²) >= 11 is 0. The van der Waals surface area contributed by atoms with Crippen molar-refractivity contribution in [1.29, 1.82) is 0 Å². The van der Waals surface area contributed by atoms with Gasteiger partial charge in [0.25, 0.3) is 0 Å². The van der Waals surface area contributed by atoms with E-state index in [4.69, 9.17) is 0 Å². The third kappa shape index (κ3) is 1.97. The standard InChI is InChI=1S/C7H9.Sm/c1-6-4-3-5-7(6)2;/h4H,3H2,1-2H3;/q-1;. The zero-order valence-corrected chi connectivity index (χ0v) is 7.81. The molecule has 0 aromatic carbocycles. The number of hydrogen-bond donors (Lipinski definition) is 0. The Hall–Kier alpha value is 0.818. The van der Waals surface area contributed by atoms with E-state index in [1.807, 2.05) is 0 Å². The fourth-order valence-electron chi connectivity index (χ4n) is 0.650. The van der Waals surface area contributed by atoms with Crippen LogP contribution in [0.2, 0.25) is 0 Å². The minimum atomic E-state index is 0. The minimum Gasteiger partial charge on any atom is -0.270 e. The van der Waals surface area contributed by atoms with E-state index in [0.29, 0.717) is 0 Å². The Morgan fingerprint density at radius 2 is 2.12 bits per heavy atom. The molecule has 1 aliphatic carbocycles. The van der Waals surface area contributed by atoms with Gasteiger partial charge in [0.2, 0.25) is 0 Å². The van der Waals surface area contributed by atoms with Gasteiger partial charge >= 0.3 is 0 Å². The molecule has 0 atom stereocenters. The van der Waals surface area contributed by atoms with Gasteiger partial charge in [-0.15, -0.1) is 13.3 Å². The Morgan fingerprint density at radius 3 is 2.25 bits per heavy atom. The Labute approximate surface area is 83.2 Å². The molecule has 0 N–H and O–H groups in total. The van der Waals surface area contributed by atoms with Crippen LogP contribution in [0.15, 0.2) is 17.2 Å². The van der Waals surface area contributed by atoms with Gasteiger partial charge in [-0.05, 0) is 0 Å². The number of hydrogen-bond acceptors (Lipinski definition) is 0. The topological polar surface area (TPSA) is 0 Å². The molecule has 0 spiro atoms. The first-order chi connectivity index (χ1) is 3.30. The van der Waals surface area contributed by atoms with Gasteiger partial charge in [0, 0.05) is 40.4 Å². The van der Waals surface area contributed by atoms with Crippen molar-refractivity contribution in [3.8, 4) is 0 Å². The minimum absolute atomic E-state index is 0. The van der Waals surface area contributed by atoms with Gasteiger partial charge in [-0.2, -0.15) is 6.08 Å². The summed E-state index contributed by atoms with van der Waals surface area (Å²) in [5, 5.41) is 0. The van der Waals surface area contributed by atoms with Crippen LogP contribution in [0.25, 0.3) is 0 Å². The molecule has 0 heterocycles. The van der Waals surface area contributed by atoms with E-state index in [9.17, 15) is 0 Å². The Bertz CT molecular complexity index is 115. The van der Waals surface area contributed by atoms with Gasteiger partial charge in [0.05, 0.1) is 0 Å². The van der Waals surface area contributed by atoms with Crippen LogP contribution in [0.4, 0.5) is 0 Å². The number of rotatable bonds is 0. The van der Waals surface area contributed by atoms with Gasteiger partial charge in [0.15, 0.2) is 0 Å². The van der Waals surface area contributed by atoms with Crippen LogP contribution in [-0.2, 0) is 0 Å². The molecule has 8 heavy (non-hydrogen) atoms.